The van der Waals surface area contributed by atoms with Crippen molar-refractivity contribution in [1.29, 1.82) is 0 Å². The summed E-state index contributed by atoms with van der Waals surface area (Å²) in [5.41, 5.74) is 8.63. The van der Waals surface area contributed by atoms with Crippen LogP contribution in [-0.4, -0.2) is 6.04 Å². The highest BCUT2D eigenvalue weighted by Gasteiger charge is 1.93. The lowest BCUT2D eigenvalue weighted by molar-refractivity contribution is 0.631. The molecule has 0 unspecified atom stereocenters. The molecule has 0 radical (unpaired) electrons. The van der Waals surface area contributed by atoms with E-state index < -0.39 is 0 Å². The molecule has 3 nitrogen and oxygen atoms in total. The van der Waals surface area contributed by atoms with Crippen LogP contribution in [0, 0.1) is 0 Å². The zero-order valence-electron chi connectivity index (χ0n) is 13.0. The molecular weight excluding hydrogens is 270 g/mol. The first-order valence-corrected chi connectivity index (χ1v) is 7.73. The molecule has 0 saturated carbocycles. The average Bonchev–Trinajstić information content (AvgIpc) is 2.54. The number of allylic oxidation sites excluding steroid dienone is 1. The van der Waals surface area contributed by atoms with E-state index in [2.05, 4.69) is 34.5 Å². The van der Waals surface area contributed by atoms with Crippen LogP contribution >= 0.6 is 0 Å². The van der Waals surface area contributed by atoms with Gasteiger partial charge in [0.25, 0.3) is 0 Å². The first-order chi connectivity index (χ1) is 10.7. The van der Waals surface area contributed by atoms with E-state index in [0.29, 0.717) is 6.04 Å². The molecule has 114 valence electrons. The van der Waals surface area contributed by atoms with Crippen LogP contribution in [0.1, 0.15) is 31.7 Å². The van der Waals surface area contributed by atoms with Gasteiger partial charge < -0.3 is 5.73 Å². The van der Waals surface area contributed by atoms with Gasteiger partial charge in [0.1, 0.15) is 0 Å². The lowest BCUT2D eigenvalue weighted by Gasteiger charge is -2.01. The lowest BCUT2D eigenvalue weighted by atomic mass is 10.1. The molecule has 0 aromatic heterocycles. The molecular formula is C19H23N3. The first kappa shape index (κ1) is 16.1. The minimum atomic E-state index is 0.294. The summed E-state index contributed by atoms with van der Waals surface area (Å²) in [4.78, 5) is 0. The Morgan fingerprint density at radius 1 is 0.955 bits per heavy atom. The predicted octanol–water partition coefficient (Wildman–Crippen LogP) is 5.63. The Hall–Kier alpha value is -2.26. The van der Waals surface area contributed by atoms with E-state index in [1.54, 1.807) is 0 Å². The number of hydrogen-bond acceptors (Lipinski definition) is 3. The minimum absolute atomic E-state index is 0.294. The van der Waals surface area contributed by atoms with Crippen molar-refractivity contribution in [3.8, 4) is 0 Å². The Morgan fingerprint density at radius 2 is 1.59 bits per heavy atom. The fourth-order valence-corrected chi connectivity index (χ4v) is 2.04. The van der Waals surface area contributed by atoms with Crippen LogP contribution in [0.5, 0.6) is 0 Å². The summed E-state index contributed by atoms with van der Waals surface area (Å²) < 4.78 is 0. The summed E-state index contributed by atoms with van der Waals surface area (Å²) in [5.74, 6) is 0. The largest absolute Gasteiger partial charge is 0.328 e. The van der Waals surface area contributed by atoms with Crippen molar-refractivity contribution in [1.82, 2.24) is 0 Å². The number of unbranched alkanes of at least 4 members (excludes halogenated alkanes) is 1. The van der Waals surface area contributed by atoms with Crippen molar-refractivity contribution in [2.24, 2.45) is 16.0 Å². The van der Waals surface area contributed by atoms with Gasteiger partial charge in [-0.2, -0.15) is 10.2 Å². The van der Waals surface area contributed by atoms with Crippen LogP contribution in [0.3, 0.4) is 0 Å². The van der Waals surface area contributed by atoms with Gasteiger partial charge in [0.15, 0.2) is 0 Å². The van der Waals surface area contributed by atoms with E-state index in [0.717, 1.165) is 30.6 Å². The van der Waals surface area contributed by atoms with Crippen LogP contribution < -0.4 is 5.73 Å². The average molecular weight is 293 g/mol. The van der Waals surface area contributed by atoms with E-state index >= 15 is 0 Å². The SMILES string of the molecule is C[C@@H](N)CCC/C=C/c1ccc(N=Nc2ccccc2)cc1. The molecule has 2 aromatic carbocycles. The minimum Gasteiger partial charge on any atom is -0.328 e. The number of benzene rings is 2. The van der Waals surface area contributed by atoms with Gasteiger partial charge in [-0.3, -0.25) is 0 Å². The highest BCUT2D eigenvalue weighted by Crippen LogP contribution is 2.18. The van der Waals surface area contributed by atoms with Crippen molar-refractivity contribution < 1.29 is 0 Å². The predicted molar refractivity (Wildman–Crippen MR) is 93.6 cm³/mol. The molecule has 3 heteroatoms. The molecule has 0 heterocycles. The van der Waals surface area contributed by atoms with Gasteiger partial charge in [-0.1, -0.05) is 42.5 Å². The van der Waals surface area contributed by atoms with Crippen molar-refractivity contribution >= 4 is 17.5 Å². The second-order valence-corrected chi connectivity index (χ2v) is 5.44. The maximum Gasteiger partial charge on any atom is 0.0857 e. The third-order valence-electron chi connectivity index (χ3n) is 3.27. The van der Waals surface area contributed by atoms with Crippen molar-refractivity contribution in [3.05, 3.63) is 66.2 Å². The molecule has 0 amide bonds. The highest BCUT2D eigenvalue weighted by molar-refractivity contribution is 5.53. The van der Waals surface area contributed by atoms with Gasteiger partial charge in [0, 0.05) is 6.04 Å². The number of nitrogens with zero attached hydrogens (tertiary/aromatic N) is 2. The Balaban J connectivity index is 1.85. The Morgan fingerprint density at radius 3 is 2.23 bits per heavy atom. The fourth-order valence-electron chi connectivity index (χ4n) is 2.04. The summed E-state index contributed by atoms with van der Waals surface area (Å²) in [6, 6.07) is 18.1. The molecule has 0 aliphatic carbocycles. The smallest absolute Gasteiger partial charge is 0.0857 e. The third kappa shape index (κ3) is 6.02. The maximum absolute atomic E-state index is 5.73. The molecule has 22 heavy (non-hydrogen) atoms. The van der Waals surface area contributed by atoms with Gasteiger partial charge in [0.2, 0.25) is 0 Å². The second-order valence-electron chi connectivity index (χ2n) is 5.44. The quantitative estimate of drug-likeness (QED) is 0.521. The zero-order valence-corrected chi connectivity index (χ0v) is 13.0. The normalized spacial score (nSPS) is 13.0. The lowest BCUT2D eigenvalue weighted by Crippen LogP contribution is -2.13. The van der Waals surface area contributed by atoms with Gasteiger partial charge in [-0.05, 0) is 56.0 Å². The van der Waals surface area contributed by atoms with Crippen molar-refractivity contribution in [2.45, 2.75) is 32.2 Å². The summed E-state index contributed by atoms with van der Waals surface area (Å²) in [6.45, 7) is 2.05. The van der Waals surface area contributed by atoms with Crippen LogP contribution in [0.2, 0.25) is 0 Å². The molecule has 2 N–H and O–H groups in total. The van der Waals surface area contributed by atoms with Crippen LogP contribution in [0.15, 0.2) is 70.9 Å². The number of hydrogen-bond donors (Lipinski definition) is 1. The topological polar surface area (TPSA) is 50.7 Å². The summed E-state index contributed by atoms with van der Waals surface area (Å²) >= 11 is 0. The van der Waals surface area contributed by atoms with Crippen molar-refractivity contribution in [3.63, 3.8) is 0 Å². The molecule has 2 aromatic rings. The van der Waals surface area contributed by atoms with E-state index in [-0.39, 0.29) is 0 Å². The monoisotopic (exact) mass is 293 g/mol. The highest BCUT2D eigenvalue weighted by atomic mass is 15.1. The van der Waals surface area contributed by atoms with E-state index in [4.69, 9.17) is 5.73 Å². The Labute approximate surface area is 132 Å². The van der Waals surface area contributed by atoms with Crippen LogP contribution in [0.4, 0.5) is 11.4 Å². The van der Waals surface area contributed by atoms with Gasteiger partial charge in [-0.25, -0.2) is 0 Å². The van der Waals surface area contributed by atoms with E-state index in [1.165, 1.54) is 5.56 Å². The summed E-state index contributed by atoms with van der Waals surface area (Å²) in [5, 5.41) is 8.44. The second kappa shape index (κ2) is 8.90. The molecule has 0 fully saturated rings. The zero-order chi connectivity index (χ0) is 15.6. The summed E-state index contributed by atoms with van der Waals surface area (Å²) in [6.07, 6.45) is 7.61. The van der Waals surface area contributed by atoms with Gasteiger partial charge >= 0.3 is 0 Å². The van der Waals surface area contributed by atoms with E-state index in [9.17, 15) is 0 Å². The molecule has 0 bridgehead atoms. The maximum atomic E-state index is 5.73. The van der Waals surface area contributed by atoms with Gasteiger partial charge in [-0.15, -0.1) is 0 Å². The molecule has 1 atom stereocenters. The Kier molecular flexibility index (Phi) is 6.52. The number of nitrogens with two attached hydrogens (primary N) is 1. The van der Waals surface area contributed by atoms with Crippen LogP contribution in [0.25, 0.3) is 6.08 Å². The molecule has 2 rings (SSSR count). The molecule has 0 aliphatic rings. The first-order valence-electron chi connectivity index (χ1n) is 7.73. The summed E-state index contributed by atoms with van der Waals surface area (Å²) in [7, 11) is 0. The number of azo groups is 1. The molecule has 0 saturated heterocycles. The van der Waals surface area contributed by atoms with Crippen LogP contribution in [-0.2, 0) is 0 Å². The Bertz CT molecular complexity index is 598. The standard InChI is InChI=1S/C19H23N3/c1-16(20)8-4-2-5-9-17-12-14-19(15-13-17)22-21-18-10-6-3-7-11-18/h3,5-7,9-16H,2,4,8,20H2,1H3/b9-5+,22-21?/t16-/m1/s1. The third-order valence-corrected chi connectivity index (χ3v) is 3.27. The number of rotatable bonds is 7. The molecule has 0 aliphatic heterocycles. The van der Waals surface area contributed by atoms with E-state index in [1.807, 2.05) is 49.4 Å². The molecule has 0 spiro atoms. The van der Waals surface area contributed by atoms with Gasteiger partial charge in [0.05, 0.1) is 11.4 Å². The van der Waals surface area contributed by atoms with Crippen molar-refractivity contribution in [2.75, 3.05) is 0 Å². The fraction of sp³-hybridized carbons (Fsp3) is 0.263.